The topological polar surface area (TPSA) is 111 Å². The molecule has 1 aromatic heterocycles. The van der Waals surface area contributed by atoms with Crippen LogP contribution in [0.5, 0.6) is 0 Å². The third-order valence-electron chi connectivity index (χ3n) is 5.32. The first-order chi connectivity index (χ1) is 16.3. The zero-order chi connectivity index (χ0) is 24.7. The van der Waals surface area contributed by atoms with Gasteiger partial charge in [0.25, 0.3) is 5.91 Å². The van der Waals surface area contributed by atoms with Gasteiger partial charge in [0.1, 0.15) is 5.76 Å². The Kier molecular flexibility index (Phi) is 8.48. The monoisotopic (exact) mass is 481 g/mol. The third-order valence-corrected chi connectivity index (χ3v) is 6.42. The molecular weight excluding hydrogens is 454 g/mol. The molecule has 2 amide bonds. The number of thioether (sulfide) groups is 1. The second-order valence-corrected chi connectivity index (χ2v) is 8.75. The van der Waals surface area contributed by atoms with Gasteiger partial charge in [-0.2, -0.15) is 0 Å². The normalized spacial score (nSPS) is 10.6. The van der Waals surface area contributed by atoms with Crippen LogP contribution in [0.15, 0.2) is 51.9 Å². The van der Waals surface area contributed by atoms with Crippen LogP contribution < -0.4 is 10.6 Å². The van der Waals surface area contributed by atoms with Crippen molar-refractivity contribution in [3.05, 3.63) is 76.2 Å². The van der Waals surface area contributed by atoms with Crippen molar-refractivity contribution in [2.24, 2.45) is 0 Å². The smallest absolute Gasteiger partial charge is 0.339 e. The summed E-state index contributed by atoms with van der Waals surface area (Å²) in [6.45, 7) is 6.86. The summed E-state index contributed by atoms with van der Waals surface area (Å²) in [6, 6.07) is 12.6. The van der Waals surface area contributed by atoms with E-state index in [1.54, 1.807) is 18.2 Å². The van der Waals surface area contributed by atoms with Crippen LogP contribution in [0, 0.1) is 27.7 Å². The molecule has 9 heteroatoms. The van der Waals surface area contributed by atoms with E-state index in [1.807, 2.05) is 52.0 Å². The van der Waals surface area contributed by atoms with Crippen LogP contribution in [0.1, 0.15) is 38.5 Å². The molecule has 3 aromatic rings. The highest BCUT2D eigenvalue weighted by atomic mass is 32.2. The van der Waals surface area contributed by atoms with E-state index in [1.165, 1.54) is 11.8 Å². The van der Waals surface area contributed by atoms with E-state index in [9.17, 15) is 14.4 Å². The van der Waals surface area contributed by atoms with E-state index in [2.05, 4.69) is 15.8 Å². The Hall–Kier alpha value is -3.59. The lowest BCUT2D eigenvalue weighted by Gasteiger charge is -2.11. The number of aryl methyl sites for hydroxylation is 3. The summed E-state index contributed by atoms with van der Waals surface area (Å²) >= 11 is 1.46. The Labute approximate surface area is 202 Å². The summed E-state index contributed by atoms with van der Waals surface area (Å²) in [5.74, 6) is -0.221. The summed E-state index contributed by atoms with van der Waals surface area (Å²) in [5, 5.41) is 9.17. The molecule has 0 saturated heterocycles. The Balaban J connectivity index is 1.49. The molecule has 2 aromatic carbocycles. The second-order valence-electron chi connectivity index (χ2n) is 7.74. The number of ether oxygens (including phenoxy) is 1. The first-order valence-corrected chi connectivity index (χ1v) is 11.7. The molecule has 0 bridgehead atoms. The van der Waals surface area contributed by atoms with Gasteiger partial charge in [-0.1, -0.05) is 29.4 Å². The van der Waals surface area contributed by atoms with Gasteiger partial charge in [-0.15, -0.1) is 11.8 Å². The number of nitrogens with one attached hydrogen (secondary N) is 2. The molecule has 1 heterocycles. The number of nitrogens with zero attached hydrogens (tertiary/aromatic N) is 1. The number of carbonyl (C=O) groups is 3. The Morgan fingerprint density at radius 1 is 1.00 bits per heavy atom. The van der Waals surface area contributed by atoms with Crippen molar-refractivity contribution in [3.8, 4) is 0 Å². The van der Waals surface area contributed by atoms with E-state index in [-0.39, 0.29) is 12.5 Å². The Morgan fingerprint density at radius 3 is 2.50 bits per heavy atom. The van der Waals surface area contributed by atoms with Crippen molar-refractivity contribution in [1.29, 1.82) is 0 Å². The maximum atomic E-state index is 12.6. The van der Waals surface area contributed by atoms with Gasteiger partial charge in [0.15, 0.2) is 6.61 Å². The lowest BCUT2D eigenvalue weighted by Crippen LogP contribution is -2.35. The van der Waals surface area contributed by atoms with E-state index >= 15 is 0 Å². The van der Waals surface area contributed by atoms with Crippen LogP contribution in [0.4, 0.5) is 5.69 Å². The largest absolute Gasteiger partial charge is 0.452 e. The molecule has 0 fully saturated rings. The molecule has 0 aliphatic heterocycles. The number of amides is 2. The highest BCUT2D eigenvalue weighted by Gasteiger charge is 2.17. The van der Waals surface area contributed by atoms with Crippen molar-refractivity contribution in [3.63, 3.8) is 0 Å². The number of aromatic nitrogens is 1. The molecule has 0 radical (unpaired) electrons. The van der Waals surface area contributed by atoms with Crippen LogP contribution in [0.2, 0.25) is 0 Å². The first-order valence-electron chi connectivity index (χ1n) is 10.7. The molecule has 0 unspecified atom stereocenters. The molecule has 34 heavy (non-hydrogen) atoms. The standard InChI is InChI=1S/C25H27N3O5S/c1-15-8-7-10-21(16(15)2)27-23(29)12-26-24(30)13-32-25(31)19-9-5-6-11-22(19)34-14-20-17(3)28-33-18(20)4/h5-11H,12-14H2,1-4H3,(H,26,30)(H,27,29). The zero-order valence-corrected chi connectivity index (χ0v) is 20.4. The summed E-state index contributed by atoms with van der Waals surface area (Å²) in [6.07, 6.45) is 0. The van der Waals surface area contributed by atoms with Gasteiger partial charge in [-0.25, -0.2) is 4.79 Å². The number of benzene rings is 2. The van der Waals surface area contributed by atoms with E-state index in [4.69, 9.17) is 9.26 Å². The molecule has 8 nitrogen and oxygen atoms in total. The van der Waals surface area contributed by atoms with Crippen LogP contribution in [0.3, 0.4) is 0 Å². The van der Waals surface area contributed by atoms with Gasteiger partial charge in [0.2, 0.25) is 5.91 Å². The van der Waals surface area contributed by atoms with Crippen molar-refractivity contribution in [1.82, 2.24) is 10.5 Å². The van der Waals surface area contributed by atoms with Crippen LogP contribution >= 0.6 is 11.8 Å². The van der Waals surface area contributed by atoms with Gasteiger partial charge in [0, 0.05) is 21.9 Å². The van der Waals surface area contributed by atoms with Crippen molar-refractivity contribution >= 4 is 35.2 Å². The number of hydrogen-bond donors (Lipinski definition) is 2. The second kappa shape index (κ2) is 11.5. The predicted molar refractivity (Wildman–Crippen MR) is 130 cm³/mol. The lowest BCUT2D eigenvalue weighted by atomic mass is 10.1. The van der Waals surface area contributed by atoms with E-state index in [0.29, 0.717) is 17.0 Å². The van der Waals surface area contributed by atoms with Crippen molar-refractivity contribution in [2.75, 3.05) is 18.5 Å². The van der Waals surface area contributed by atoms with Crippen molar-refractivity contribution < 1.29 is 23.6 Å². The van der Waals surface area contributed by atoms with E-state index < -0.39 is 18.5 Å². The SMILES string of the molecule is Cc1cccc(NC(=O)CNC(=O)COC(=O)c2ccccc2SCc2c(C)noc2C)c1C. The molecule has 0 aliphatic carbocycles. The zero-order valence-electron chi connectivity index (χ0n) is 19.6. The molecule has 0 atom stereocenters. The summed E-state index contributed by atoms with van der Waals surface area (Å²) in [4.78, 5) is 37.6. The van der Waals surface area contributed by atoms with E-state index in [0.717, 1.165) is 33.0 Å². The Bertz CT molecular complexity index is 1190. The average molecular weight is 482 g/mol. The molecule has 0 aliphatic rings. The lowest BCUT2D eigenvalue weighted by molar-refractivity contribution is -0.126. The Morgan fingerprint density at radius 2 is 1.76 bits per heavy atom. The maximum Gasteiger partial charge on any atom is 0.339 e. The fourth-order valence-electron chi connectivity index (χ4n) is 3.14. The van der Waals surface area contributed by atoms with Gasteiger partial charge in [-0.3, -0.25) is 9.59 Å². The van der Waals surface area contributed by atoms with Gasteiger partial charge < -0.3 is 19.9 Å². The third kappa shape index (κ3) is 6.48. The average Bonchev–Trinajstić information content (AvgIpc) is 3.15. The number of carbonyl (C=O) groups excluding carboxylic acids is 3. The molecule has 178 valence electrons. The van der Waals surface area contributed by atoms with Crippen LogP contribution in [-0.4, -0.2) is 36.1 Å². The summed E-state index contributed by atoms with van der Waals surface area (Å²) < 4.78 is 10.4. The fraction of sp³-hybridized carbons (Fsp3) is 0.280. The van der Waals surface area contributed by atoms with Gasteiger partial charge in [0.05, 0.1) is 17.8 Å². The molecule has 0 spiro atoms. The number of rotatable bonds is 9. The van der Waals surface area contributed by atoms with Crippen LogP contribution in [0.25, 0.3) is 0 Å². The molecule has 0 saturated carbocycles. The molecular formula is C25H27N3O5S. The summed E-state index contributed by atoms with van der Waals surface area (Å²) in [7, 11) is 0. The van der Waals surface area contributed by atoms with Crippen molar-refractivity contribution in [2.45, 2.75) is 38.3 Å². The van der Waals surface area contributed by atoms with Gasteiger partial charge >= 0.3 is 5.97 Å². The number of hydrogen-bond acceptors (Lipinski definition) is 7. The predicted octanol–water partition coefficient (Wildman–Crippen LogP) is 4.11. The van der Waals surface area contributed by atoms with Crippen LogP contribution in [-0.2, 0) is 20.1 Å². The fourth-order valence-corrected chi connectivity index (χ4v) is 4.33. The number of esters is 1. The first kappa shape index (κ1) is 25.0. The summed E-state index contributed by atoms with van der Waals surface area (Å²) in [5.41, 5.74) is 4.85. The molecule has 3 rings (SSSR count). The minimum Gasteiger partial charge on any atom is -0.452 e. The molecule has 2 N–H and O–H groups in total. The highest BCUT2D eigenvalue weighted by molar-refractivity contribution is 7.98. The minimum absolute atomic E-state index is 0.229. The maximum absolute atomic E-state index is 12.6. The minimum atomic E-state index is -0.614. The highest BCUT2D eigenvalue weighted by Crippen LogP contribution is 2.29. The van der Waals surface area contributed by atoms with Gasteiger partial charge in [-0.05, 0) is 57.0 Å². The number of anilines is 1. The quantitative estimate of drug-likeness (QED) is 0.349.